The molecule has 2 atom stereocenters. The van der Waals surface area contributed by atoms with E-state index in [2.05, 4.69) is 33.8 Å². The second kappa shape index (κ2) is 6.64. The average Bonchev–Trinajstić information content (AvgIpc) is 3.04. The van der Waals surface area contributed by atoms with E-state index in [9.17, 15) is 9.59 Å². The molecule has 1 aliphatic carbocycles. The van der Waals surface area contributed by atoms with Crippen LogP contribution in [0.1, 0.15) is 24.6 Å². The number of halogens is 1. The zero-order chi connectivity index (χ0) is 15.7. The summed E-state index contributed by atoms with van der Waals surface area (Å²) < 4.78 is 1.10. The van der Waals surface area contributed by atoms with Crippen molar-refractivity contribution in [3.05, 3.63) is 32.9 Å². The van der Waals surface area contributed by atoms with E-state index in [1.54, 1.807) is 11.3 Å². The van der Waals surface area contributed by atoms with E-state index < -0.39 is 0 Å². The van der Waals surface area contributed by atoms with Gasteiger partial charge in [0.15, 0.2) is 0 Å². The summed E-state index contributed by atoms with van der Waals surface area (Å²) in [7, 11) is 0. The van der Waals surface area contributed by atoms with Crippen LogP contribution in [0.5, 0.6) is 0 Å². The maximum absolute atomic E-state index is 12.5. The molecule has 0 radical (unpaired) electrons. The van der Waals surface area contributed by atoms with Gasteiger partial charge in [-0.3, -0.25) is 19.4 Å². The SMILES string of the molecule is CCN(Cc1ccc(Br)s1)CN1C(=O)[C@H]2CC=CC[C@@H]2C1=O. The highest BCUT2D eigenvalue weighted by molar-refractivity contribution is 9.11. The topological polar surface area (TPSA) is 40.6 Å². The second-order valence-electron chi connectivity index (χ2n) is 5.75. The molecule has 0 aromatic carbocycles. The lowest BCUT2D eigenvalue weighted by atomic mass is 9.85. The molecule has 4 nitrogen and oxygen atoms in total. The summed E-state index contributed by atoms with van der Waals surface area (Å²) in [5.74, 6) is -0.255. The fraction of sp³-hybridized carbons (Fsp3) is 0.500. The average molecular weight is 383 g/mol. The van der Waals surface area contributed by atoms with Crippen LogP contribution in [0.4, 0.5) is 0 Å². The molecule has 0 bridgehead atoms. The maximum atomic E-state index is 12.5. The van der Waals surface area contributed by atoms with Gasteiger partial charge in [-0.25, -0.2) is 0 Å². The van der Waals surface area contributed by atoms with E-state index in [-0.39, 0.29) is 23.7 Å². The zero-order valence-corrected chi connectivity index (χ0v) is 14.9. The van der Waals surface area contributed by atoms with Crippen LogP contribution < -0.4 is 0 Å². The van der Waals surface area contributed by atoms with E-state index in [0.717, 1.165) is 16.9 Å². The van der Waals surface area contributed by atoms with Gasteiger partial charge >= 0.3 is 0 Å². The van der Waals surface area contributed by atoms with Gasteiger partial charge in [0.1, 0.15) is 0 Å². The zero-order valence-electron chi connectivity index (χ0n) is 12.5. The Morgan fingerprint density at radius 3 is 2.36 bits per heavy atom. The third-order valence-corrected chi connectivity index (χ3v) is 6.00. The number of fused-ring (bicyclic) bond motifs is 1. The number of hydrogen-bond acceptors (Lipinski definition) is 4. The Hall–Kier alpha value is -0.980. The van der Waals surface area contributed by atoms with Gasteiger partial charge in [0.25, 0.3) is 0 Å². The lowest BCUT2D eigenvalue weighted by Gasteiger charge is -2.25. The van der Waals surface area contributed by atoms with Crippen molar-refractivity contribution in [1.82, 2.24) is 9.80 Å². The van der Waals surface area contributed by atoms with Crippen molar-refractivity contribution in [2.24, 2.45) is 11.8 Å². The number of thiophene rings is 1. The van der Waals surface area contributed by atoms with Crippen molar-refractivity contribution < 1.29 is 9.59 Å². The van der Waals surface area contributed by atoms with Crippen LogP contribution in [0.2, 0.25) is 0 Å². The molecule has 2 aliphatic rings. The fourth-order valence-electron chi connectivity index (χ4n) is 3.13. The molecule has 6 heteroatoms. The minimum atomic E-state index is -0.132. The Morgan fingerprint density at radius 1 is 1.23 bits per heavy atom. The summed E-state index contributed by atoms with van der Waals surface area (Å²) in [5, 5.41) is 0. The first-order valence-electron chi connectivity index (χ1n) is 7.57. The van der Waals surface area contributed by atoms with E-state index in [4.69, 9.17) is 0 Å². The number of nitrogens with zero attached hydrogens (tertiary/aromatic N) is 2. The van der Waals surface area contributed by atoms with E-state index >= 15 is 0 Å². The van der Waals surface area contributed by atoms with Gasteiger partial charge in [-0.1, -0.05) is 19.1 Å². The summed E-state index contributed by atoms with van der Waals surface area (Å²) in [6, 6.07) is 4.11. The third-order valence-electron chi connectivity index (χ3n) is 4.40. The molecular weight excluding hydrogens is 364 g/mol. The quantitative estimate of drug-likeness (QED) is 0.579. The second-order valence-corrected chi connectivity index (χ2v) is 8.30. The van der Waals surface area contributed by atoms with Gasteiger partial charge in [0, 0.05) is 11.4 Å². The van der Waals surface area contributed by atoms with Crippen LogP contribution in [0, 0.1) is 11.8 Å². The Bertz CT molecular complexity index is 587. The number of amides is 2. The molecular formula is C16H19BrN2O2S. The normalized spacial score (nSPS) is 24.4. The van der Waals surface area contributed by atoms with Gasteiger partial charge in [0.2, 0.25) is 11.8 Å². The first kappa shape index (κ1) is 15.9. The molecule has 1 aromatic heterocycles. The molecule has 1 saturated heterocycles. The highest BCUT2D eigenvalue weighted by Crippen LogP contribution is 2.35. The number of carbonyl (C=O) groups is 2. The van der Waals surface area contributed by atoms with Crippen molar-refractivity contribution in [3.63, 3.8) is 0 Å². The fourth-order valence-corrected chi connectivity index (χ4v) is 4.65. The summed E-state index contributed by atoms with van der Waals surface area (Å²) in [5.41, 5.74) is 0. The monoisotopic (exact) mass is 382 g/mol. The van der Waals surface area contributed by atoms with Crippen molar-refractivity contribution in [3.8, 4) is 0 Å². The molecule has 22 heavy (non-hydrogen) atoms. The van der Waals surface area contributed by atoms with E-state index in [1.807, 2.05) is 18.2 Å². The Kier molecular flexibility index (Phi) is 4.80. The lowest BCUT2D eigenvalue weighted by Crippen LogP contribution is -2.41. The van der Waals surface area contributed by atoms with Crippen molar-refractivity contribution in [1.29, 1.82) is 0 Å². The minimum absolute atomic E-state index is 0.00478. The van der Waals surface area contributed by atoms with Gasteiger partial charge in [-0.05, 0) is 47.4 Å². The van der Waals surface area contributed by atoms with Crippen molar-refractivity contribution in [2.75, 3.05) is 13.2 Å². The highest BCUT2D eigenvalue weighted by Gasteiger charge is 2.47. The molecule has 0 spiro atoms. The Balaban J connectivity index is 1.68. The maximum Gasteiger partial charge on any atom is 0.234 e. The molecule has 0 saturated carbocycles. The Labute approximate surface area is 142 Å². The molecule has 118 valence electrons. The summed E-state index contributed by atoms with van der Waals surface area (Å²) >= 11 is 5.15. The van der Waals surface area contributed by atoms with Gasteiger partial charge in [-0.15, -0.1) is 11.3 Å². The molecule has 2 amide bonds. The van der Waals surface area contributed by atoms with Gasteiger partial charge in [-0.2, -0.15) is 0 Å². The molecule has 1 aliphatic heterocycles. The predicted molar refractivity (Wildman–Crippen MR) is 90.2 cm³/mol. The summed E-state index contributed by atoms with van der Waals surface area (Å²) in [6.07, 6.45) is 5.46. The van der Waals surface area contributed by atoms with E-state index in [0.29, 0.717) is 19.5 Å². The van der Waals surface area contributed by atoms with Crippen LogP contribution >= 0.6 is 27.3 Å². The van der Waals surface area contributed by atoms with Crippen molar-refractivity contribution in [2.45, 2.75) is 26.3 Å². The largest absolute Gasteiger partial charge is 0.281 e. The first-order valence-corrected chi connectivity index (χ1v) is 9.18. The summed E-state index contributed by atoms with van der Waals surface area (Å²) in [4.78, 5) is 29.8. The van der Waals surface area contributed by atoms with Crippen LogP contribution in [0.25, 0.3) is 0 Å². The van der Waals surface area contributed by atoms with Gasteiger partial charge in [0.05, 0.1) is 22.3 Å². The number of allylic oxidation sites excluding steroid dienone is 2. The predicted octanol–water partition coefficient (Wildman–Crippen LogP) is 3.24. The Morgan fingerprint density at radius 2 is 1.86 bits per heavy atom. The molecule has 3 rings (SSSR count). The summed E-state index contributed by atoms with van der Waals surface area (Å²) in [6.45, 7) is 4.02. The van der Waals surface area contributed by atoms with Gasteiger partial charge < -0.3 is 0 Å². The van der Waals surface area contributed by atoms with E-state index in [1.165, 1.54) is 9.78 Å². The molecule has 0 unspecified atom stereocenters. The molecule has 0 N–H and O–H groups in total. The minimum Gasteiger partial charge on any atom is -0.281 e. The molecule has 1 fully saturated rings. The van der Waals surface area contributed by atoms with Crippen LogP contribution in [-0.4, -0.2) is 34.8 Å². The van der Waals surface area contributed by atoms with Crippen LogP contribution in [0.15, 0.2) is 28.1 Å². The first-order chi connectivity index (χ1) is 10.6. The third kappa shape index (κ3) is 3.05. The molecule has 1 aromatic rings. The number of likely N-dealkylation sites (tertiary alicyclic amines) is 1. The van der Waals surface area contributed by atoms with Crippen molar-refractivity contribution >= 4 is 39.1 Å². The lowest BCUT2D eigenvalue weighted by molar-refractivity contribution is -0.142. The number of imide groups is 1. The standard InChI is InChI=1S/C16H19BrN2O2S/c1-2-18(9-11-7-8-14(17)22-11)10-19-15(20)12-5-3-4-6-13(12)16(19)21/h3-4,7-8,12-13H,2,5-6,9-10H2,1H3/t12-,13-/m0/s1. The van der Waals surface area contributed by atoms with Crippen LogP contribution in [-0.2, 0) is 16.1 Å². The smallest absolute Gasteiger partial charge is 0.234 e. The van der Waals surface area contributed by atoms with Crippen LogP contribution in [0.3, 0.4) is 0 Å². The highest BCUT2D eigenvalue weighted by atomic mass is 79.9. The number of hydrogen-bond donors (Lipinski definition) is 0. The number of carbonyl (C=O) groups excluding carboxylic acids is 2. The molecule has 2 heterocycles. The number of rotatable bonds is 5.